The van der Waals surface area contributed by atoms with Crippen molar-refractivity contribution in [2.24, 2.45) is 0 Å². The standard InChI is InChI=1S/C35H32N2O2/c38-34-20-10-12-27-24-32(21-22-33(27)34)39-23-11-19-31-25-37(26-36-31)35(28-13-4-1-5-14-28,29-15-6-2-7-16-29)30-17-8-3-9-18-30/h1-9,13-18,21-22,24-26H,10-12,19-20,23H2. The lowest BCUT2D eigenvalue weighted by atomic mass is 9.77. The van der Waals surface area contributed by atoms with Crippen LogP contribution >= 0.6 is 0 Å². The Hall–Kier alpha value is -4.44. The van der Waals surface area contributed by atoms with Gasteiger partial charge in [0, 0.05) is 18.2 Å². The van der Waals surface area contributed by atoms with E-state index in [1.54, 1.807) is 0 Å². The maximum atomic E-state index is 12.1. The summed E-state index contributed by atoms with van der Waals surface area (Å²) in [5.74, 6) is 1.08. The number of imidazole rings is 1. The first kappa shape index (κ1) is 24.9. The van der Waals surface area contributed by atoms with Crippen LogP contribution < -0.4 is 4.74 Å². The van der Waals surface area contributed by atoms with Gasteiger partial charge in [0.05, 0.1) is 18.6 Å². The van der Waals surface area contributed by atoms with Crippen LogP contribution in [0.2, 0.25) is 0 Å². The van der Waals surface area contributed by atoms with E-state index in [9.17, 15) is 4.79 Å². The molecule has 39 heavy (non-hydrogen) atoms. The number of fused-ring (bicyclic) bond motifs is 1. The van der Waals surface area contributed by atoms with E-state index in [-0.39, 0.29) is 5.78 Å². The van der Waals surface area contributed by atoms with Crippen molar-refractivity contribution in [1.29, 1.82) is 0 Å². The smallest absolute Gasteiger partial charge is 0.163 e. The van der Waals surface area contributed by atoms with Gasteiger partial charge in [-0.3, -0.25) is 4.79 Å². The molecule has 4 aromatic carbocycles. The topological polar surface area (TPSA) is 44.1 Å². The Balaban J connectivity index is 1.25. The van der Waals surface area contributed by atoms with Gasteiger partial charge in [-0.25, -0.2) is 4.98 Å². The summed E-state index contributed by atoms with van der Waals surface area (Å²) < 4.78 is 8.32. The number of rotatable bonds is 9. The fourth-order valence-electron chi connectivity index (χ4n) is 5.82. The molecule has 1 aliphatic rings. The molecule has 0 saturated carbocycles. The number of hydrogen-bond acceptors (Lipinski definition) is 3. The lowest BCUT2D eigenvalue weighted by Crippen LogP contribution is -2.36. The summed E-state index contributed by atoms with van der Waals surface area (Å²) in [7, 11) is 0. The summed E-state index contributed by atoms with van der Waals surface area (Å²) in [4.78, 5) is 16.9. The van der Waals surface area contributed by atoms with Crippen LogP contribution in [0.3, 0.4) is 0 Å². The van der Waals surface area contributed by atoms with Crippen molar-refractivity contribution in [2.45, 2.75) is 37.6 Å². The predicted octanol–water partition coefficient (Wildman–Crippen LogP) is 7.25. The Bertz CT molecular complexity index is 1450. The zero-order valence-electron chi connectivity index (χ0n) is 22.0. The maximum Gasteiger partial charge on any atom is 0.163 e. The largest absolute Gasteiger partial charge is 0.494 e. The average molecular weight is 513 g/mol. The minimum Gasteiger partial charge on any atom is -0.494 e. The van der Waals surface area contributed by atoms with Gasteiger partial charge in [-0.1, -0.05) is 91.0 Å². The first-order valence-electron chi connectivity index (χ1n) is 13.7. The van der Waals surface area contributed by atoms with E-state index < -0.39 is 5.54 Å². The molecule has 194 valence electrons. The average Bonchev–Trinajstić information content (AvgIpc) is 3.47. The minimum absolute atomic E-state index is 0.246. The monoisotopic (exact) mass is 512 g/mol. The van der Waals surface area contributed by atoms with Crippen molar-refractivity contribution < 1.29 is 9.53 Å². The molecule has 0 bridgehead atoms. The maximum absolute atomic E-state index is 12.1. The van der Waals surface area contributed by atoms with Gasteiger partial charge in [-0.05, 0) is 66.1 Å². The van der Waals surface area contributed by atoms with E-state index >= 15 is 0 Å². The molecule has 0 fully saturated rings. The number of ketones is 1. The lowest BCUT2D eigenvalue weighted by Gasteiger charge is -2.37. The summed E-state index contributed by atoms with van der Waals surface area (Å²) in [6.45, 7) is 0.598. The van der Waals surface area contributed by atoms with Crippen LogP contribution in [-0.2, 0) is 18.4 Å². The molecule has 0 saturated heterocycles. The van der Waals surface area contributed by atoms with Crippen molar-refractivity contribution >= 4 is 5.78 Å². The third-order valence-electron chi connectivity index (χ3n) is 7.67. The summed E-state index contributed by atoms with van der Waals surface area (Å²) in [6.07, 6.45) is 8.32. The van der Waals surface area contributed by atoms with E-state index in [1.165, 1.54) is 16.7 Å². The quantitative estimate of drug-likeness (QED) is 0.154. The second-order valence-electron chi connectivity index (χ2n) is 10.1. The highest BCUT2D eigenvalue weighted by molar-refractivity contribution is 5.98. The zero-order valence-corrected chi connectivity index (χ0v) is 22.0. The van der Waals surface area contributed by atoms with Crippen LogP contribution in [0, 0.1) is 0 Å². The van der Waals surface area contributed by atoms with Gasteiger partial charge in [0.15, 0.2) is 5.78 Å². The van der Waals surface area contributed by atoms with Crippen molar-refractivity contribution in [3.63, 3.8) is 0 Å². The van der Waals surface area contributed by atoms with E-state index in [2.05, 4.69) is 102 Å². The van der Waals surface area contributed by atoms with Crippen LogP contribution in [-0.4, -0.2) is 21.9 Å². The first-order chi connectivity index (χ1) is 19.2. The van der Waals surface area contributed by atoms with E-state index in [0.717, 1.165) is 48.3 Å². The number of ether oxygens (including phenoxy) is 1. The Morgan fingerprint density at radius 2 is 1.38 bits per heavy atom. The van der Waals surface area contributed by atoms with Crippen LogP contribution in [0.15, 0.2) is 122 Å². The van der Waals surface area contributed by atoms with Gasteiger partial charge in [0.25, 0.3) is 0 Å². The summed E-state index contributed by atoms with van der Waals surface area (Å²) >= 11 is 0. The molecule has 6 rings (SSSR count). The molecule has 1 aliphatic carbocycles. The fourth-order valence-corrected chi connectivity index (χ4v) is 5.82. The molecule has 4 heteroatoms. The van der Waals surface area contributed by atoms with Crippen molar-refractivity contribution in [1.82, 2.24) is 9.55 Å². The molecule has 0 radical (unpaired) electrons. The molecule has 0 N–H and O–H groups in total. The third kappa shape index (κ3) is 4.90. The third-order valence-corrected chi connectivity index (χ3v) is 7.67. The van der Waals surface area contributed by atoms with Crippen LogP contribution in [0.4, 0.5) is 0 Å². The molecular formula is C35H32N2O2. The normalized spacial score (nSPS) is 13.2. The van der Waals surface area contributed by atoms with E-state index in [4.69, 9.17) is 9.72 Å². The number of carbonyl (C=O) groups is 1. The Kier molecular flexibility index (Phi) is 7.09. The number of aromatic nitrogens is 2. The van der Waals surface area contributed by atoms with Crippen molar-refractivity contribution in [2.75, 3.05) is 6.61 Å². The number of hydrogen-bond donors (Lipinski definition) is 0. The highest BCUT2D eigenvalue weighted by Gasteiger charge is 2.38. The zero-order chi connectivity index (χ0) is 26.5. The number of carbonyl (C=O) groups excluding carboxylic acids is 1. The van der Waals surface area contributed by atoms with Crippen LogP contribution in [0.5, 0.6) is 5.75 Å². The summed E-state index contributed by atoms with van der Waals surface area (Å²) in [6, 6.07) is 37.8. The van der Waals surface area contributed by atoms with Gasteiger partial charge in [0.1, 0.15) is 11.3 Å². The van der Waals surface area contributed by atoms with Gasteiger partial charge in [-0.15, -0.1) is 0 Å². The molecule has 5 aromatic rings. The molecule has 0 atom stereocenters. The van der Waals surface area contributed by atoms with Gasteiger partial charge >= 0.3 is 0 Å². The molecule has 0 unspecified atom stereocenters. The second kappa shape index (κ2) is 11.1. The highest BCUT2D eigenvalue weighted by Crippen LogP contribution is 2.40. The SMILES string of the molecule is O=C1CCCc2cc(OCCCc3cn(C(c4ccccc4)(c4ccccc4)c4ccccc4)cn3)ccc21. The Morgan fingerprint density at radius 3 is 2.00 bits per heavy atom. The van der Waals surface area contributed by atoms with E-state index in [1.807, 2.05) is 24.5 Å². The van der Waals surface area contributed by atoms with Gasteiger partial charge < -0.3 is 9.30 Å². The fraction of sp³-hybridized carbons (Fsp3) is 0.200. The summed E-state index contributed by atoms with van der Waals surface area (Å²) in [5, 5.41) is 0. The Labute approximate surface area is 229 Å². The number of Topliss-reactive ketones (excluding diaryl/α,β-unsaturated/α-hetero) is 1. The molecule has 1 aromatic heterocycles. The van der Waals surface area contributed by atoms with E-state index in [0.29, 0.717) is 13.0 Å². The number of aryl methyl sites for hydroxylation is 2. The first-order valence-corrected chi connectivity index (χ1v) is 13.7. The molecule has 4 nitrogen and oxygen atoms in total. The molecule has 1 heterocycles. The number of nitrogens with zero attached hydrogens (tertiary/aromatic N) is 2. The predicted molar refractivity (Wildman–Crippen MR) is 154 cm³/mol. The highest BCUT2D eigenvalue weighted by atomic mass is 16.5. The van der Waals surface area contributed by atoms with Crippen LogP contribution in [0.25, 0.3) is 0 Å². The van der Waals surface area contributed by atoms with Crippen LogP contribution in [0.1, 0.15) is 57.6 Å². The molecule has 0 aliphatic heterocycles. The minimum atomic E-state index is -0.550. The molecular weight excluding hydrogens is 480 g/mol. The lowest BCUT2D eigenvalue weighted by molar-refractivity contribution is 0.0972. The van der Waals surface area contributed by atoms with Crippen molar-refractivity contribution in [3.8, 4) is 5.75 Å². The summed E-state index contributed by atoms with van der Waals surface area (Å²) in [5.41, 5.74) is 5.99. The molecule has 0 amide bonds. The number of benzene rings is 4. The molecule has 0 spiro atoms. The second-order valence-corrected chi connectivity index (χ2v) is 10.1. The van der Waals surface area contributed by atoms with Crippen molar-refractivity contribution in [3.05, 3.63) is 155 Å². The Morgan fingerprint density at radius 1 is 0.769 bits per heavy atom. The van der Waals surface area contributed by atoms with Gasteiger partial charge in [-0.2, -0.15) is 0 Å². The van der Waals surface area contributed by atoms with Gasteiger partial charge in [0.2, 0.25) is 0 Å².